The van der Waals surface area contributed by atoms with Gasteiger partial charge < -0.3 is 15.4 Å². The number of nitrogens with zero attached hydrogens (tertiary/aromatic N) is 1. The Bertz CT molecular complexity index is 697. The normalized spacial score (nSPS) is 20.7. The molecule has 0 spiro atoms. The summed E-state index contributed by atoms with van der Waals surface area (Å²) in [4.78, 5) is 15.9. The standard InChI is InChI=1S/C18H23N3O2/c1-18(2,3)23-17(22)21-14-9-13(10-14)20-16-6-4-5-12-7-8-19-11-15(12)16/h4-8,11,13-14,20H,9-10H2,1-3H3,(H,21,22). The van der Waals surface area contributed by atoms with Gasteiger partial charge in [0.25, 0.3) is 0 Å². The number of nitrogens with one attached hydrogen (secondary N) is 2. The van der Waals surface area contributed by atoms with E-state index in [2.05, 4.69) is 27.8 Å². The molecule has 0 saturated heterocycles. The highest BCUT2D eigenvalue weighted by Crippen LogP contribution is 2.28. The Kier molecular flexibility index (Phi) is 4.11. The molecule has 0 radical (unpaired) electrons. The minimum Gasteiger partial charge on any atom is -0.444 e. The smallest absolute Gasteiger partial charge is 0.407 e. The minimum atomic E-state index is -0.457. The van der Waals surface area contributed by atoms with E-state index < -0.39 is 5.60 Å². The van der Waals surface area contributed by atoms with Gasteiger partial charge in [0.2, 0.25) is 0 Å². The van der Waals surface area contributed by atoms with Gasteiger partial charge in [0.1, 0.15) is 5.60 Å². The average Bonchev–Trinajstić information content (AvgIpc) is 2.43. The van der Waals surface area contributed by atoms with Crippen molar-refractivity contribution in [1.29, 1.82) is 0 Å². The Morgan fingerprint density at radius 1 is 1.22 bits per heavy atom. The summed E-state index contributed by atoms with van der Waals surface area (Å²) in [7, 11) is 0. The molecule has 2 N–H and O–H groups in total. The van der Waals surface area contributed by atoms with E-state index in [1.54, 1.807) is 6.20 Å². The van der Waals surface area contributed by atoms with Crippen LogP contribution in [0.1, 0.15) is 33.6 Å². The van der Waals surface area contributed by atoms with Crippen LogP contribution in [0.5, 0.6) is 0 Å². The van der Waals surface area contributed by atoms with Crippen LogP contribution in [0.2, 0.25) is 0 Å². The van der Waals surface area contributed by atoms with E-state index in [0.717, 1.165) is 23.9 Å². The summed E-state index contributed by atoms with van der Waals surface area (Å²) < 4.78 is 5.28. The molecule has 1 aromatic heterocycles. The molecule has 122 valence electrons. The third-order valence-corrected chi connectivity index (χ3v) is 3.90. The van der Waals surface area contributed by atoms with Crippen molar-refractivity contribution in [2.45, 2.75) is 51.3 Å². The van der Waals surface area contributed by atoms with Gasteiger partial charge in [-0.2, -0.15) is 0 Å². The van der Waals surface area contributed by atoms with Gasteiger partial charge in [-0.25, -0.2) is 4.79 Å². The number of ether oxygens (including phenoxy) is 1. The van der Waals surface area contributed by atoms with Gasteiger partial charge in [-0.15, -0.1) is 0 Å². The summed E-state index contributed by atoms with van der Waals surface area (Å²) in [5.74, 6) is 0. The molecule has 1 heterocycles. The number of amides is 1. The molecule has 23 heavy (non-hydrogen) atoms. The molecule has 1 amide bonds. The maximum atomic E-state index is 11.7. The van der Waals surface area contributed by atoms with Crippen molar-refractivity contribution >= 4 is 22.6 Å². The third kappa shape index (κ3) is 3.92. The molecular formula is C18H23N3O2. The SMILES string of the molecule is CC(C)(C)OC(=O)NC1CC(Nc2cccc3ccncc23)C1. The summed E-state index contributed by atoms with van der Waals surface area (Å²) in [6.07, 6.45) is 5.14. The van der Waals surface area contributed by atoms with Crippen molar-refractivity contribution in [3.05, 3.63) is 36.7 Å². The zero-order valence-corrected chi connectivity index (χ0v) is 13.8. The highest BCUT2D eigenvalue weighted by Gasteiger charge is 2.31. The Balaban J connectivity index is 1.53. The molecule has 1 aliphatic carbocycles. The van der Waals surface area contributed by atoms with Gasteiger partial charge in [-0.3, -0.25) is 4.98 Å². The van der Waals surface area contributed by atoms with Crippen molar-refractivity contribution in [2.24, 2.45) is 0 Å². The molecule has 0 aliphatic heterocycles. The fourth-order valence-electron chi connectivity index (χ4n) is 2.79. The van der Waals surface area contributed by atoms with Crippen LogP contribution in [0.3, 0.4) is 0 Å². The van der Waals surface area contributed by atoms with E-state index in [1.807, 2.05) is 39.1 Å². The van der Waals surface area contributed by atoms with Gasteiger partial charge in [0.05, 0.1) is 0 Å². The van der Waals surface area contributed by atoms with E-state index in [4.69, 9.17) is 4.74 Å². The number of alkyl carbamates (subject to hydrolysis) is 1. The first-order valence-corrected chi connectivity index (χ1v) is 7.99. The number of carbonyl (C=O) groups is 1. The van der Waals surface area contributed by atoms with Crippen LogP contribution in [0.25, 0.3) is 10.8 Å². The fourth-order valence-corrected chi connectivity index (χ4v) is 2.79. The van der Waals surface area contributed by atoms with Crippen LogP contribution in [0.15, 0.2) is 36.7 Å². The third-order valence-electron chi connectivity index (χ3n) is 3.90. The highest BCUT2D eigenvalue weighted by molar-refractivity contribution is 5.93. The summed E-state index contributed by atoms with van der Waals surface area (Å²) >= 11 is 0. The van der Waals surface area contributed by atoms with E-state index in [0.29, 0.717) is 6.04 Å². The maximum Gasteiger partial charge on any atom is 0.407 e. The van der Waals surface area contributed by atoms with E-state index >= 15 is 0 Å². The summed E-state index contributed by atoms with van der Waals surface area (Å²) in [6.45, 7) is 5.60. The van der Waals surface area contributed by atoms with Gasteiger partial charge in [0.15, 0.2) is 0 Å². The molecule has 2 aromatic rings. The van der Waals surface area contributed by atoms with Gasteiger partial charge in [-0.05, 0) is 51.1 Å². The lowest BCUT2D eigenvalue weighted by Gasteiger charge is -2.37. The van der Waals surface area contributed by atoms with Crippen molar-refractivity contribution < 1.29 is 9.53 Å². The van der Waals surface area contributed by atoms with Crippen molar-refractivity contribution in [2.75, 3.05) is 5.32 Å². The summed E-state index contributed by atoms with van der Waals surface area (Å²) in [5.41, 5.74) is 0.637. The monoisotopic (exact) mass is 313 g/mol. The molecule has 1 aliphatic rings. The van der Waals surface area contributed by atoms with E-state index in [9.17, 15) is 4.79 Å². The van der Waals surface area contributed by atoms with Crippen LogP contribution in [-0.4, -0.2) is 28.8 Å². The second-order valence-corrected chi connectivity index (χ2v) is 7.06. The van der Waals surface area contributed by atoms with Crippen LogP contribution >= 0.6 is 0 Å². The fraction of sp³-hybridized carbons (Fsp3) is 0.444. The number of pyridine rings is 1. The topological polar surface area (TPSA) is 63.2 Å². The molecule has 0 atom stereocenters. The number of aromatic nitrogens is 1. The molecule has 1 fully saturated rings. The first-order chi connectivity index (χ1) is 10.9. The van der Waals surface area contributed by atoms with Gasteiger partial charge >= 0.3 is 6.09 Å². The Hall–Kier alpha value is -2.30. The Labute approximate surface area is 136 Å². The lowest BCUT2D eigenvalue weighted by Crippen LogP contribution is -2.50. The number of hydrogen-bond acceptors (Lipinski definition) is 4. The second-order valence-electron chi connectivity index (χ2n) is 7.06. The molecule has 3 rings (SSSR count). The predicted octanol–water partition coefficient (Wildman–Crippen LogP) is 3.70. The number of anilines is 1. The summed E-state index contributed by atoms with van der Waals surface area (Å²) in [6, 6.07) is 8.73. The van der Waals surface area contributed by atoms with Crippen molar-refractivity contribution in [1.82, 2.24) is 10.3 Å². The van der Waals surface area contributed by atoms with Gasteiger partial charge in [-0.1, -0.05) is 12.1 Å². The van der Waals surface area contributed by atoms with E-state index in [1.165, 1.54) is 5.39 Å². The molecular weight excluding hydrogens is 290 g/mol. The molecule has 0 bridgehead atoms. The van der Waals surface area contributed by atoms with E-state index in [-0.39, 0.29) is 12.1 Å². The molecule has 5 heteroatoms. The largest absolute Gasteiger partial charge is 0.444 e. The number of rotatable bonds is 3. The zero-order valence-electron chi connectivity index (χ0n) is 13.8. The number of hydrogen-bond donors (Lipinski definition) is 2. The molecule has 5 nitrogen and oxygen atoms in total. The number of carbonyl (C=O) groups excluding carboxylic acids is 1. The van der Waals surface area contributed by atoms with Crippen LogP contribution < -0.4 is 10.6 Å². The summed E-state index contributed by atoms with van der Waals surface area (Å²) in [5, 5.41) is 8.75. The zero-order chi connectivity index (χ0) is 16.4. The quantitative estimate of drug-likeness (QED) is 0.907. The van der Waals surface area contributed by atoms with Crippen LogP contribution in [0.4, 0.5) is 10.5 Å². The van der Waals surface area contributed by atoms with Crippen molar-refractivity contribution in [3.8, 4) is 0 Å². The lowest BCUT2D eigenvalue weighted by atomic mass is 9.86. The Morgan fingerprint density at radius 2 is 2.00 bits per heavy atom. The highest BCUT2D eigenvalue weighted by atomic mass is 16.6. The average molecular weight is 313 g/mol. The first kappa shape index (κ1) is 15.6. The first-order valence-electron chi connectivity index (χ1n) is 7.99. The van der Waals surface area contributed by atoms with Gasteiger partial charge in [0, 0.05) is 35.6 Å². The maximum absolute atomic E-state index is 11.7. The van der Waals surface area contributed by atoms with Crippen LogP contribution in [-0.2, 0) is 4.74 Å². The van der Waals surface area contributed by atoms with Crippen molar-refractivity contribution in [3.63, 3.8) is 0 Å². The van der Waals surface area contributed by atoms with Crippen LogP contribution in [0, 0.1) is 0 Å². The minimum absolute atomic E-state index is 0.176. The second kappa shape index (κ2) is 6.07. The predicted molar refractivity (Wildman–Crippen MR) is 91.5 cm³/mol. The number of fused-ring (bicyclic) bond motifs is 1. The Morgan fingerprint density at radius 3 is 2.74 bits per heavy atom. The number of benzene rings is 1. The molecule has 1 saturated carbocycles. The molecule has 0 unspecified atom stereocenters. The lowest BCUT2D eigenvalue weighted by molar-refractivity contribution is 0.0475. The molecule has 1 aromatic carbocycles.